The molecule has 0 aromatic carbocycles. The Bertz CT molecular complexity index is 287. The van der Waals surface area contributed by atoms with E-state index in [1.165, 1.54) is 18.0 Å². The molecular weight excluding hydrogens is 204 g/mol. The number of allylic oxidation sites excluding steroid dienone is 1. The maximum Gasteiger partial charge on any atom is 0.0164 e. The molecule has 1 aromatic heterocycles. The van der Waals surface area contributed by atoms with Crippen LogP contribution in [0.25, 0.3) is 0 Å². The van der Waals surface area contributed by atoms with Crippen LogP contribution in [0.4, 0.5) is 0 Å². The van der Waals surface area contributed by atoms with Crippen LogP contribution in [0.3, 0.4) is 0 Å². The Hall–Kier alpha value is -0.640. The van der Waals surface area contributed by atoms with Crippen LogP contribution < -0.4 is 5.32 Å². The lowest BCUT2D eigenvalue weighted by Crippen LogP contribution is -2.43. The molecule has 1 N–H and O–H groups in total. The standard InChI is InChI=1S/C12H18N2S/c1(4-12-5-3-11-15-12)2-8-14-9-6-13-7-10-14/h1-3,5,11,13H,4,6-10H2/b2-1-. The molecule has 0 unspecified atom stereocenters. The van der Waals surface area contributed by atoms with Crippen LogP contribution in [0.5, 0.6) is 0 Å². The van der Waals surface area contributed by atoms with Crippen molar-refractivity contribution in [1.82, 2.24) is 10.2 Å². The second-order valence-electron chi connectivity index (χ2n) is 3.81. The zero-order valence-corrected chi connectivity index (χ0v) is 9.80. The van der Waals surface area contributed by atoms with Gasteiger partial charge in [-0.25, -0.2) is 0 Å². The minimum atomic E-state index is 1.09. The molecule has 2 nitrogen and oxygen atoms in total. The molecule has 15 heavy (non-hydrogen) atoms. The monoisotopic (exact) mass is 222 g/mol. The Morgan fingerprint density at radius 3 is 2.93 bits per heavy atom. The van der Waals surface area contributed by atoms with Crippen LogP contribution in [-0.4, -0.2) is 37.6 Å². The van der Waals surface area contributed by atoms with Gasteiger partial charge in [-0.3, -0.25) is 4.90 Å². The largest absolute Gasteiger partial charge is 0.314 e. The third kappa shape index (κ3) is 3.78. The molecule has 0 amide bonds. The second kappa shape index (κ2) is 6.05. The fourth-order valence-electron chi connectivity index (χ4n) is 1.75. The lowest BCUT2D eigenvalue weighted by Gasteiger charge is -2.25. The molecule has 1 fully saturated rings. The molecule has 0 radical (unpaired) electrons. The maximum atomic E-state index is 3.36. The van der Waals surface area contributed by atoms with Gasteiger partial charge >= 0.3 is 0 Å². The average molecular weight is 222 g/mol. The SMILES string of the molecule is C(=C/CN1CCNCC1)/Cc1cccs1. The molecule has 2 rings (SSSR count). The summed E-state index contributed by atoms with van der Waals surface area (Å²) in [4.78, 5) is 3.94. The van der Waals surface area contributed by atoms with Crippen LogP contribution in [-0.2, 0) is 6.42 Å². The van der Waals surface area contributed by atoms with E-state index >= 15 is 0 Å². The molecule has 0 saturated carbocycles. The van der Waals surface area contributed by atoms with Crippen LogP contribution >= 0.6 is 11.3 Å². The Morgan fingerprint density at radius 2 is 2.20 bits per heavy atom. The van der Waals surface area contributed by atoms with Crippen molar-refractivity contribution in [1.29, 1.82) is 0 Å². The number of nitrogens with zero attached hydrogens (tertiary/aromatic N) is 1. The van der Waals surface area contributed by atoms with Crippen molar-refractivity contribution in [2.45, 2.75) is 6.42 Å². The van der Waals surface area contributed by atoms with E-state index < -0.39 is 0 Å². The Labute approximate surface area is 95.6 Å². The summed E-state index contributed by atoms with van der Waals surface area (Å²) in [5, 5.41) is 5.50. The molecule has 1 saturated heterocycles. The molecule has 1 aromatic rings. The van der Waals surface area contributed by atoms with Crippen LogP contribution in [0.2, 0.25) is 0 Å². The summed E-state index contributed by atoms with van der Waals surface area (Å²) >= 11 is 1.83. The second-order valence-corrected chi connectivity index (χ2v) is 4.84. The van der Waals surface area contributed by atoms with Gasteiger partial charge in [0, 0.05) is 37.6 Å². The average Bonchev–Trinajstić information content (AvgIpc) is 2.79. The van der Waals surface area contributed by atoms with E-state index in [0.717, 1.165) is 26.1 Å². The fraction of sp³-hybridized carbons (Fsp3) is 0.500. The molecule has 1 aliphatic rings. The fourth-order valence-corrected chi connectivity index (χ4v) is 2.43. The number of rotatable bonds is 4. The third-order valence-electron chi connectivity index (χ3n) is 2.64. The first-order valence-electron chi connectivity index (χ1n) is 5.55. The topological polar surface area (TPSA) is 15.3 Å². The van der Waals surface area contributed by atoms with E-state index in [9.17, 15) is 0 Å². The highest BCUT2D eigenvalue weighted by Crippen LogP contribution is 2.09. The van der Waals surface area contributed by atoms with E-state index in [0.29, 0.717) is 0 Å². The first-order chi connectivity index (χ1) is 7.45. The highest BCUT2D eigenvalue weighted by molar-refractivity contribution is 7.09. The number of thiophene rings is 1. The lowest BCUT2D eigenvalue weighted by molar-refractivity contribution is 0.264. The third-order valence-corrected chi connectivity index (χ3v) is 3.54. The molecular formula is C12H18N2S. The van der Waals surface area contributed by atoms with Gasteiger partial charge in [0.15, 0.2) is 0 Å². The van der Waals surface area contributed by atoms with E-state index in [4.69, 9.17) is 0 Å². The number of hydrogen-bond donors (Lipinski definition) is 1. The molecule has 1 aliphatic heterocycles. The minimum absolute atomic E-state index is 1.09. The maximum absolute atomic E-state index is 3.36. The molecule has 0 spiro atoms. The van der Waals surface area contributed by atoms with Crippen LogP contribution in [0.1, 0.15) is 4.88 Å². The summed E-state index contributed by atoms with van der Waals surface area (Å²) in [7, 11) is 0. The molecule has 2 heterocycles. The molecule has 0 bridgehead atoms. The number of hydrogen-bond acceptors (Lipinski definition) is 3. The van der Waals surface area contributed by atoms with E-state index in [1.807, 2.05) is 11.3 Å². The molecule has 82 valence electrons. The summed E-state index contributed by atoms with van der Waals surface area (Å²) in [6, 6.07) is 4.31. The summed E-state index contributed by atoms with van der Waals surface area (Å²) < 4.78 is 0. The van der Waals surface area contributed by atoms with Gasteiger partial charge in [0.1, 0.15) is 0 Å². The molecule has 0 aliphatic carbocycles. The Morgan fingerprint density at radius 1 is 1.33 bits per heavy atom. The van der Waals surface area contributed by atoms with Gasteiger partial charge in [0.25, 0.3) is 0 Å². The summed E-state index contributed by atoms with van der Waals surface area (Å²) in [6.45, 7) is 5.75. The van der Waals surface area contributed by atoms with Gasteiger partial charge in [-0.1, -0.05) is 18.2 Å². The van der Waals surface area contributed by atoms with Crippen molar-refractivity contribution in [3.05, 3.63) is 34.5 Å². The van der Waals surface area contributed by atoms with Gasteiger partial charge in [-0.2, -0.15) is 0 Å². The predicted molar refractivity (Wildman–Crippen MR) is 66.5 cm³/mol. The predicted octanol–water partition coefficient (Wildman–Crippen LogP) is 1.75. The van der Waals surface area contributed by atoms with Crippen molar-refractivity contribution in [2.24, 2.45) is 0 Å². The molecule has 3 heteroatoms. The molecule has 0 atom stereocenters. The Balaban J connectivity index is 1.66. The van der Waals surface area contributed by atoms with Crippen LogP contribution in [0, 0.1) is 0 Å². The highest BCUT2D eigenvalue weighted by atomic mass is 32.1. The normalized spacial score (nSPS) is 18.7. The van der Waals surface area contributed by atoms with E-state index in [-0.39, 0.29) is 0 Å². The lowest BCUT2D eigenvalue weighted by atomic mass is 10.3. The number of nitrogens with one attached hydrogen (secondary N) is 1. The minimum Gasteiger partial charge on any atom is -0.314 e. The van der Waals surface area contributed by atoms with Crippen LogP contribution in [0.15, 0.2) is 29.7 Å². The van der Waals surface area contributed by atoms with Gasteiger partial charge in [-0.15, -0.1) is 11.3 Å². The first kappa shape index (κ1) is 10.9. The van der Waals surface area contributed by atoms with Gasteiger partial charge in [0.2, 0.25) is 0 Å². The van der Waals surface area contributed by atoms with E-state index in [2.05, 4.69) is 39.9 Å². The van der Waals surface area contributed by atoms with Crippen molar-refractivity contribution < 1.29 is 0 Å². The van der Waals surface area contributed by atoms with E-state index in [1.54, 1.807) is 0 Å². The van der Waals surface area contributed by atoms with Crippen molar-refractivity contribution in [3.8, 4) is 0 Å². The quantitative estimate of drug-likeness (QED) is 0.781. The van der Waals surface area contributed by atoms with Crippen molar-refractivity contribution >= 4 is 11.3 Å². The Kier molecular flexibility index (Phi) is 4.39. The first-order valence-corrected chi connectivity index (χ1v) is 6.43. The highest BCUT2D eigenvalue weighted by Gasteiger charge is 2.06. The van der Waals surface area contributed by atoms with Gasteiger partial charge in [-0.05, 0) is 17.9 Å². The van der Waals surface area contributed by atoms with Crippen molar-refractivity contribution in [3.63, 3.8) is 0 Å². The van der Waals surface area contributed by atoms with Gasteiger partial charge in [0.05, 0.1) is 0 Å². The smallest absolute Gasteiger partial charge is 0.0164 e. The zero-order valence-electron chi connectivity index (χ0n) is 8.98. The number of piperazine rings is 1. The summed E-state index contributed by atoms with van der Waals surface area (Å²) in [5.41, 5.74) is 0. The summed E-state index contributed by atoms with van der Waals surface area (Å²) in [5.74, 6) is 0. The summed E-state index contributed by atoms with van der Waals surface area (Å²) in [6.07, 6.45) is 5.67. The van der Waals surface area contributed by atoms with Crippen molar-refractivity contribution in [2.75, 3.05) is 32.7 Å². The van der Waals surface area contributed by atoms with Gasteiger partial charge < -0.3 is 5.32 Å². The zero-order chi connectivity index (χ0) is 10.3.